The Morgan fingerprint density at radius 2 is 2.00 bits per heavy atom. The van der Waals surface area contributed by atoms with Crippen LogP contribution in [0.2, 0.25) is 10.0 Å². The molecule has 0 fully saturated rings. The number of nitrogens with two attached hydrogens (primary N) is 1. The molecule has 0 spiro atoms. The fraction of sp³-hybridized carbons (Fsp3) is 0.143. The van der Waals surface area contributed by atoms with E-state index in [2.05, 4.69) is 10.3 Å². The van der Waals surface area contributed by atoms with Gasteiger partial charge in [0.05, 0.1) is 28.0 Å². The number of anilines is 1. The molecule has 0 aliphatic carbocycles. The van der Waals surface area contributed by atoms with Gasteiger partial charge < -0.3 is 11.1 Å². The van der Waals surface area contributed by atoms with Crippen molar-refractivity contribution in [3.63, 3.8) is 0 Å². The third kappa shape index (κ3) is 3.21. The number of nitrogens with zero attached hydrogens (tertiary/aromatic N) is 1. The van der Waals surface area contributed by atoms with Gasteiger partial charge in [0, 0.05) is 11.8 Å². The van der Waals surface area contributed by atoms with E-state index in [4.69, 9.17) is 28.9 Å². The van der Waals surface area contributed by atoms with Gasteiger partial charge in [-0.3, -0.25) is 9.78 Å². The highest BCUT2D eigenvalue weighted by Crippen LogP contribution is 2.28. The lowest BCUT2D eigenvalue weighted by atomic mass is 10.1. The number of nitrogen functional groups attached to an aromatic ring is 1. The van der Waals surface area contributed by atoms with Crippen LogP contribution in [0.3, 0.4) is 0 Å². The molecule has 20 heavy (non-hydrogen) atoms. The van der Waals surface area contributed by atoms with E-state index in [0.717, 1.165) is 11.3 Å². The molecule has 4 nitrogen and oxygen atoms in total. The van der Waals surface area contributed by atoms with Crippen LogP contribution in [0.1, 0.15) is 21.6 Å². The molecule has 104 valence electrons. The number of halogens is 2. The minimum absolute atomic E-state index is 0.261. The van der Waals surface area contributed by atoms with Gasteiger partial charge in [-0.2, -0.15) is 0 Å². The average molecular weight is 310 g/mol. The number of hydrogen-bond acceptors (Lipinski definition) is 3. The van der Waals surface area contributed by atoms with Gasteiger partial charge in [-0.1, -0.05) is 29.3 Å². The third-order valence-corrected chi connectivity index (χ3v) is 3.50. The van der Waals surface area contributed by atoms with Crippen LogP contribution in [-0.2, 0) is 6.54 Å². The number of carbonyl (C=O) groups excluding carboxylic acids is 1. The van der Waals surface area contributed by atoms with Crippen molar-refractivity contribution < 1.29 is 4.79 Å². The van der Waals surface area contributed by atoms with E-state index < -0.39 is 0 Å². The van der Waals surface area contributed by atoms with Crippen molar-refractivity contribution in [2.24, 2.45) is 0 Å². The maximum absolute atomic E-state index is 12.0. The molecule has 2 rings (SSSR count). The van der Waals surface area contributed by atoms with Gasteiger partial charge >= 0.3 is 0 Å². The molecule has 0 aliphatic rings. The van der Waals surface area contributed by atoms with E-state index in [0.29, 0.717) is 12.1 Å². The maximum Gasteiger partial charge on any atom is 0.251 e. The molecule has 0 atom stereocenters. The molecule has 6 heteroatoms. The van der Waals surface area contributed by atoms with E-state index in [9.17, 15) is 4.79 Å². The number of amides is 1. The van der Waals surface area contributed by atoms with Crippen molar-refractivity contribution in [3.05, 3.63) is 57.3 Å². The second kappa shape index (κ2) is 6.11. The number of nitrogens with one attached hydrogen (secondary N) is 1. The van der Waals surface area contributed by atoms with Gasteiger partial charge in [-0.25, -0.2) is 0 Å². The van der Waals surface area contributed by atoms with E-state index in [1.807, 2.05) is 19.1 Å². The van der Waals surface area contributed by atoms with Crippen LogP contribution in [0.4, 0.5) is 5.69 Å². The fourth-order valence-corrected chi connectivity index (χ4v) is 2.17. The Morgan fingerprint density at radius 1 is 1.35 bits per heavy atom. The fourth-order valence-electron chi connectivity index (χ4n) is 1.68. The first-order valence-corrected chi connectivity index (χ1v) is 6.68. The lowest BCUT2D eigenvalue weighted by molar-refractivity contribution is 0.0950. The molecule has 2 aromatic rings. The summed E-state index contributed by atoms with van der Waals surface area (Å²) in [5.41, 5.74) is 8.09. The van der Waals surface area contributed by atoms with Crippen LogP contribution in [0.15, 0.2) is 30.5 Å². The summed E-state index contributed by atoms with van der Waals surface area (Å²) < 4.78 is 0. The molecule has 0 unspecified atom stereocenters. The Morgan fingerprint density at radius 3 is 2.60 bits per heavy atom. The third-order valence-electron chi connectivity index (χ3n) is 2.88. The highest BCUT2D eigenvalue weighted by Gasteiger charge is 2.11. The summed E-state index contributed by atoms with van der Waals surface area (Å²) in [5.74, 6) is -0.279. The first kappa shape index (κ1) is 14.6. The number of pyridine rings is 1. The molecule has 0 aliphatic heterocycles. The summed E-state index contributed by atoms with van der Waals surface area (Å²) in [5, 5.41) is 3.29. The van der Waals surface area contributed by atoms with Gasteiger partial charge in [0.25, 0.3) is 5.91 Å². The van der Waals surface area contributed by atoms with E-state index in [1.165, 1.54) is 12.1 Å². The lowest BCUT2D eigenvalue weighted by Gasteiger charge is -2.09. The highest BCUT2D eigenvalue weighted by atomic mass is 35.5. The maximum atomic E-state index is 12.0. The zero-order valence-electron chi connectivity index (χ0n) is 10.8. The van der Waals surface area contributed by atoms with Crippen LogP contribution >= 0.6 is 23.2 Å². The van der Waals surface area contributed by atoms with Crippen molar-refractivity contribution in [1.82, 2.24) is 10.3 Å². The Balaban J connectivity index is 2.11. The summed E-state index contributed by atoms with van der Waals surface area (Å²) >= 11 is 11.8. The molecule has 0 saturated heterocycles. The molecular formula is C14H13Cl2N3O. The largest absolute Gasteiger partial charge is 0.396 e. The van der Waals surface area contributed by atoms with Crippen molar-refractivity contribution in [1.29, 1.82) is 0 Å². The summed E-state index contributed by atoms with van der Waals surface area (Å²) in [7, 11) is 0. The number of aryl methyl sites for hydroxylation is 1. The Bertz CT molecular complexity index is 636. The zero-order chi connectivity index (χ0) is 14.7. The minimum atomic E-state index is -0.279. The number of aromatic nitrogens is 1. The highest BCUT2D eigenvalue weighted by molar-refractivity contribution is 6.39. The van der Waals surface area contributed by atoms with E-state index in [-0.39, 0.29) is 21.6 Å². The molecule has 3 N–H and O–H groups in total. The lowest BCUT2D eigenvalue weighted by Crippen LogP contribution is -2.23. The quantitative estimate of drug-likeness (QED) is 0.855. The second-order valence-corrected chi connectivity index (χ2v) is 5.12. The molecular weight excluding hydrogens is 297 g/mol. The molecule has 0 saturated carbocycles. The molecule has 0 radical (unpaired) electrons. The number of hydrogen-bond donors (Lipinski definition) is 2. The van der Waals surface area contributed by atoms with Gasteiger partial charge in [-0.15, -0.1) is 0 Å². The minimum Gasteiger partial charge on any atom is -0.396 e. The molecule has 0 bridgehead atoms. The number of carbonyl (C=O) groups is 1. The summed E-state index contributed by atoms with van der Waals surface area (Å²) in [6, 6.07) is 6.76. The first-order chi connectivity index (χ1) is 9.49. The zero-order valence-corrected chi connectivity index (χ0v) is 12.3. The monoisotopic (exact) mass is 309 g/mol. The smallest absolute Gasteiger partial charge is 0.251 e. The Hall–Kier alpha value is -1.78. The predicted molar refractivity (Wildman–Crippen MR) is 81.0 cm³/mol. The molecule has 1 heterocycles. The SMILES string of the molecule is Cc1cccnc1CNC(=O)c1cc(Cl)c(N)c(Cl)c1. The standard InChI is InChI=1S/C14H13Cl2N3O/c1-8-3-2-4-18-12(8)7-19-14(20)9-5-10(15)13(17)11(16)6-9/h2-6H,7,17H2,1H3,(H,19,20). The van der Waals surface area contributed by atoms with Crippen molar-refractivity contribution in [2.75, 3.05) is 5.73 Å². The average Bonchev–Trinajstić information content (AvgIpc) is 2.43. The number of benzene rings is 1. The van der Waals surface area contributed by atoms with Crippen molar-refractivity contribution in [3.8, 4) is 0 Å². The Kier molecular flexibility index (Phi) is 4.47. The van der Waals surface area contributed by atoms with Crippen LogP contribution in [0.5, 0.6) is 0 Å². The van der Waals surface area contributed by atoms with Gasteiger partial charge in [0.1, 0.15) is 0 Å². The summed E-state index contributed by atoms with van der Waals surface area (Å²) in [6.45, 7) is 2.27. The van der Waals surface area contributed by atoms with Crippen LogP contribution < -0.4 is 11.1 Å². The molecule has 1 aromatic carbocycles. The topological polar surface area (TPSA) is 68.0 Å². The van der Waals surface area contributed by atoms with Crippen LogP contribution in [-0.4, -0.2) is 10.9 Å². The molecule has 1 aromatic heterocycles. The summed E-state index contributed by atoms with van der Waals surface area (Å²) in [4.78, 5) is 16.3. The van der Waals surface area contributed by atoms with E-state index in [1.54, 1.807) is 6.20 Å². The van der Waals surface area contributed by atoms with Gasteiger partial charge in [-0.05, 0) is 30.7 Å². The first-order valence-electron chi connectivity index (χ1n) is 5.92. The second-order valence-electron chi connectivity index (χ2n) is 4.30. The predicted octanol–water partition coefficient (Wildman–Crippen LogP) is 3.21. The Labute approximate surface area is 126 Å². The van der Waals surface area contributed by atoms with E-state index >= 15 is 0 Å². The molecule has 1 amide bonds. The normalized spacial score (nSPS) is 10.3. The number of rotatable bonds is 3. The van der Waals surface area contributed by atoms with Gasteiger partial charge in [0.15, 0.2) is 0 Å². The van der Waals surface area contributed by atoms with Crippen molar-refractivity contribution >= 4 is 34.8 Å². The van der Waals surface area contributed by atoms with Crippen molar-refractivity contribution in [2.45, 2.75) is 13.5 Å². The van der Waals surface area contributed by atoms with Crippen LogP contribution in [0, 0.1) is 6.92 Å². The van der Waals surface area contributed by atoms with Crippen LogP contribution in [0.25, 0.3) is 0 Å². The summed E-state index contributed by atoms with van der Waals surface area (Å²) in [6.07, 6.45) is 1.69. The van der Waals surface area contributed by atoms with Gasteiger partial charge in [0.2, 0.25) is 0 Å².